The number of benzene rings is 1. The summed E-state index contributed by atoms with van der Waals surface area (Å²) < 4.78 is 18.1. The Bertz CT molecular complexity index is 1900. The van der Waals surface area contributed by atoms with Crippen LogP contribution in [-0.2, 0) is 49.5 Å². The van der Waals surface area contributed by atoms with Crippen LogP contribution in [0.3, 0.4) is 0 Å². The third-order valence-electron chi connectivity index (χ3n) is 16.5. The highest BCUT2D eigenvalue weighted by Crippen LogP contribution is 2.31. The van der Waals surface area contributed by atoms with Gasteiger partial charge in [-0.1, -0.05) is 108 Å². The van der Waals surface area contributed by atoms with E-state index < -0.39 is 48.3 Å². The Morgan fingerprint density at radius 1 is 0.813 bits per heavy atom. The average molecular weight is 1060 g/mol. The summed E-state index contributed by atoms with van der Waals surface area (Å²) in [7, 11) is 6.81. The zero-order chi connectivity index (χ0) is 56.0. The van der Waals surface area contributed by atoms with Crippen LogP contribution in [0.15, 0.2) is 24.3 Å². The Morgan fingerprint density at radius 2 is 1.49 bits per heavy atom. The van der Waals surface area contributed by atoms with Crippen molar-refractivity contribution in [2.24, 2.45) is 29.1 Å². The van der Waals surface area contributed by atoms with E-state index in [4.69, 9.17) is 19.0 Å². The molecule has 0 radical (unpaired) electrons. The van der Waals surface area contributed by atoms with Crippen LogP contribution in [0.2, 0.25) is 0 Å². The first kappa shape index (κ1) is 65.2. The number of ketones is 1. The topological polar surface area (TPSA) is 176 Å². The van der Waals surface area contributed by atoms with Gasteiger partial charge in [-0.15, -0.1) is 0 Å². The molecule has 428 valence electrons. The lowest BCUT2D eigenvalue weighted by Gasteiger charge is -2.41. The summed E-state index contributed by atoms with van der Waals surface area (Å²) >= 11 is 0. The number of amides is 5. The Hall–Kier alpha value is -4.12. The number of hydroxylamine groups is 2. The third-order valence-corrected chi connectivity index (χ3v) is 16.5. The molecule has 2 aliphatic rings. The van der Waals surface area contributed by atoms with Crippen LogP contribution < -0.4 is 15.4 Å². The highest BCUT2D eigenvalue weighted by Gasteiger charge is 2.44. The van der Waals surface area contributed by atoms with E-state index in [9.17, 15) is 28.8 Å². The van der Waals surface area contributed by atoms with E-state index in [1.54, 1.807) is 38.0 Å². The summed E-state index contributed by atoms with van der Waals surface area (Å²) in [6.07, 6.45) is 9.33. The number of hydrogen-bond donors (Lipinski definition) is 2. The van der Waals surface area contributed by atoms with Gasteiger partial charge in [-0.2, -0.15) is 0 Å². The number of nitrogens with zero attached hydrogens (tertiary/aromatic N) is 4. The first-order valence-electron chi connectivity index (χ1n) is 28.8. The number of unbranched alkanes of at least 4 members (excludes halogenated alkanes) is 3. The van der Waals surface area contributed by atoms with E-state index in [-0.39, 0.29) is 65.5 Å². The van der Waals surface area contributed by atoms with Crippen LogP contribution in [-0.4, -0.2) is 159 Å². The molecule has 9 atom stereocenters. The predicted octanol–water partition coefficient (Wildman–Crippen LogP) is 8.42. The summed E-state index contributed by atoms with van der Waals surface area (Å²) in [5, 5.41) is 7.56. The standard InChI is InChI=1S/C59H102N6O10/c1-16-20-36-74-45-31-29-44(30-32-45)38-46(57(70)65-35-24-25-37-75-65)60-55(68)43(10)54(73-15)47-27-26-34-64(47)50(67)39-48(72-14)53(42(9)17-2)63(13)58(71)51(40(5)6)61-56(69)52(41(7)8)62(12)33-23-21-22-28-49(66)59(11,18-3)19-4/h29-32,40-43,46-48,51-54H,16-28,33-39H2,1-15H3,(H,60,68)(H,61,69)/t42-,43+,46-,47-,48+,51-,52-,53-,54+/m0/s1. The van der Waals surface area contributed by atoms with Gasteiger partial charge in [0.2, 0.25) is 23.6 Å². The number of ether oxygens (including phenoxy) is 3. The number of carbonyl (C=O) groups is 6. The Kier molecular flexibility index (Phi) is 28.3. The molecule has 16 heteroatoms. The predicted molar refractivity (Wildman–Crippen MR) is 296 cm³/mol. The van der Waals surface area contributed by atoms with Gasteiger partial charge in [0, 0.05) is 52.6 Å². The van der Waals surface area contributed by atoms with Gasteiger partial charge >= 0.3 is 0 Å². The SMILES string of the molecule is CCCCOc1ccc(C[C@H](NC(=O)[C@H](C)[C@@H](OC)[C@@H]2CCCN2C(=O)C[C@@H](OC)[C@H]([C@@H](C)CC)N(C)C(=O)[C@@H](NC(=O)[C@H](C(C)C)N(C)CCCCCC(=O)C(C)(CC)CC)C(C)C)C(=O)N2CCCCO2)cc1. The number of carbonyl (C=O) groups excluding carboxylic acids is 6. The minimum absolute atomic E-state index is 0.0188. The fourth-order valence-electron chi connectivity index (χ4n) is 10.9. The highest BCUT2D eigenvalue weighted by molar-refractivity contribution is 5.91. The molecule has 0 aliphatic carbocycles. The molecule has 5 amide bonds. The van der Waals surface area contributed by atoms with Crippen molar-refractivity contribution < 1.29 is 47.8 Å². The second-order valence-corrected chi connectivity index (χ2v) is 22.6. The quantitative estimate of drug-likeness (QED) is 0.0634. The molecule has 0 bridgehead atoms. The van der Waals surface area contributed by atoms with Crippen LogP contribution >= 0.6 is 0 Å². The van der Waals surface area contributed by atoms with Crippen molar-refractivity contribution >= 4 is 35.3 Å². The Balaban J connectivity index is 1.75. The summed E-state index contributed by atoms with van der Waals surface area (Å²) in [5.41, 5.74) is 0.592. The molecular formula is C59H102N6O10. The maximum atomic E-state index is 14.7. The second-order valence-electron chi connectivity index (χ2n) is 22.6. The molecule has 0 aromatic heterocycles. The van der Waals surface area contributed by atoms with Crippen LogP contribution in [0.4, 0.5) is 0 Å². The van der Waals surface area contributed by atoms with E-state index in [0.29, 0.717) is 64.3 Å². The smallest absolute Gasteiger partial charge is 0.269 e. The van der Waals surface area contributed by atoms with Gasteiger partial charge in [-0.05, 0) is 107 Å². The number of methoxy groups -OCH3 is 2. The summed E-state index contributed by atoms with van der Waals surface area (Å²) in [4.78, 5) is 96.1. The van der Waals surface area contributed by atoms with Crippen LogP contribution in [0.1, 0.15) is 172 Å². The van der Waals surface area contributed by atoms with Crippen molar-refractivity contribution in [2.45, 2.75) is 215 Å². The van der Waals surface area contributed by atoms with Gasteiger partial charge in [0.15, 0.2) is 0 Å². The number of nitrogens with one attached hydrogen (secondary N) is 2. The molecule has 75 heavy (non-hydrogen) atoms. The van der Waals surface area contributed by atoms with Crippen molar-refractivity contribution in [3.63, 3.8) is 0 Å². The molecule has 2 fully saturated rings. The monoisotopic (exact) mass is 1050 g/mol. The molecule has 2 saturated heterocycles. The number of rotatable bonds is 34. The van der Waals surface area contributed by atoms with E-state index in [1.807, 2.05) is 72.9 Å². The fourth-order valence-corrected chi connectivity index (χ4v) is 10.9. The fraction of sp³-hybridized carbons (Fsp3) is 0.797. The van der Waals surface area contributed by atoms with E-state index in [1.165, 1.54) is 5.06 Å². The van der Waals surface area contributed by atoms with Gasteiger partial charge in [-0.25, -0.2) is 5.06 Å². The zero-order valence-electron chi connectivity index (χ0n) is 49.2. The molecular weight excluding hydrogens is 953 g/mol. The largest absolute Gasteiger partial charge is 0.494 e. The average Bonchev–Trinajstić information content (AvgIpc) is 3.89. The Labute approximate surface area is 452 Å². The minimum atomic E-state index is -0.905. The lowest BCUT2D eigenvalue weighted by Crippen LogP contribution is -2.60. The maximum Gasteiger partial charge on any atom is 0.269 e. The molecule has 1 aromatic rings. The molecule has 2 aliphatic heterocycles. The van der Waals surface area contributed by atoms with Crippen molar-refractivity contribution in [1.29, 1.82) is 0 Å². The zero-order valence-corrected chi connectivity index (χ0v) is 49.2. The van der Waals surface area contributed by atoms with E-state index >= 15 is 0 Å². The molecule has 2 heterocycles. The number of Topliss-reactive ketones (excluding diaryl/α,β-unsaturated/α-hetero) is 1. The van der Waals surface area contributed by atoms with Gasteiger partial charge in [0.05, 0.1) is 55.9 Å². The van der Waals surface area contributed by atoms with Crippen LogP contribution in [0.5, 0.6) is 5.75 Å². The first-order valence-corrected chi connectivity index (χ1v) is 28.8. The number of likely N-dealkylation sites (tertiary alicyclic amines) is 1. The Morgan fingerprint density at radius 3 is 2.05 bits per heavy atom. The normalized spacial score (nSPS) is 18.5. The van der Waals surface area contributed by atoms with Crippen molar-refractivity contribution in [3.8, 4) is 5.75 Å². The summed E-state index contributed by atoms with van der Waals surface area (Å²) in [6, 6.07) is 4.45. The lowest BCUT2D eigenvalue weighted by molar-refractivity contribution is -0.199. The molecule has 1 aromatic carbocycles. The van der Waals surface area contributed by atoms with Gasteiger partial charge in [-0.3, -0.25) is 38.5 Å². The molecule has 0 unspecified atom stereocenters. The van der Waals surface area contributed by atoms with Gasteiger partial charge < -0.3 is 34.6 Å². The second kappa shape index (κ2) is 32.6. The van der Waals surface area contributed by atoms with Gasteiger partial charge in [0.1, 0.15) is 23.6 Å². The minimum Gasteiger partial charge on any atom is -0.494 e. The molecule has 16 nitrogen and oxygen atoms in total. The lowest BCUT2D eigenvalue weighted by atomic mass is 9.78. The van der Waals surface area contributed by atoms with E-state index in [0.717, 1.165) is 69.1 Å². The van der Waals surface area contributed by atoms with Crippen LogP contribution in [0.25, 0.3) is 0 Å². The van der Waals surface area contributed by atoms with Gasteiger partial charge in [0.25, 0.3) is 5.91 Å². The summed E-state index contributed by atoms with van der Waals surface area (Å²) in [5.74, 6) is -1.33. The maximum absolute atomic E-state index is 14.7. The van der Waals surface area contributed by atoms with E-state index in [2.05, 4.69) is 43.2 Å². The molecule has 3 rings (SSSR count). The highest BCUT2D eigenvalue weighted by atomic mass is 16.7. The molecule has 0 spiro atoms. The van der Waals surface area contributed by atoms with Crippen LogP contribution in [0, 0.1) is 29.1 Å². The number of hydrogen-bond acceptors (Lipinski definition) is 11. The van der Waals surface area contributed by atoms with Crippen molar-refractivity contribution in [3.05, 3.63) is 29.8 Å². The first-order chi connectivity index (χ1) is 35.6. The van der Waals surface area contributed by atoms with Crippen molar-refractivity contribution in [2.75, 3.05) is 61.2 Å². The molecule has 2 N–H and O–H groups in total. The van der Waals surface area contributed by atoms with Crippen molar-refractivity contribution in [1.82, 2.24) is 30.4 Å². The summed E-state index contributed by atoms with van der Waals surface area (Å²) in [6.45, 7) is 24.7. The third kappa shape index (κ3) is 18.8. The molecule has 0 saturated carbocycles. The number of likely N-dealkylation sites (N-methyl/N-ethyl adjacent to an activating group) is 2.